The SMILES string of the molecule is C=C(C)C(=O)OC(CC)C[SiH](I)I. The van der Waals surface area contributed by atoms with E-state index < -0.39 is 3.79 Å². The topological polar surface area (TPSA) is 26.3 Å². The van der Waals surface area contributed by atoms with E-state index in [-0.39, 0.29) is 12.1 Å². The molecular formula is C8H14I2O2Si. The lowest BCUT2D eigenvalue weighted by Crippen LogP contribution is -2.20. The molecule has 0 spiro atoms. The zero-order valence-electron chi connectivity index (χ0n) is 7.85. The molecule has 0 rings (SSSR count). The number of halogens is 2. The molecule has 0 aromatic carbocycles. The summed E-state index contributed by atoms with van der Waals surface area (Å²) in [5.41, 5.74) is 0.485. The molecule has 0 saturated heterocycles. The molecule has 1 atom stereocenters. The first-order chi connectivity index (χ1) is 5.97. The van der Waals surface area contributed by atoms with E-state index >= 15 is 0 Å². The molecule has 2 nitrogen and oxygen atoms in total. The van der Waals surface area contributed by atoms with Crippen molar-refractivity contribution in [3.8, 4) is 0 Å². The van der Waals surface area contributed by atoms with E-state index in [0.717, 1.165) is 12.5 Å². The van der Waals surface area contributed by atoms with Crippen molar-refractivity contribution >= 4 is 53.4 Å². The van der Waals surface area contributed by atoms with E-state index in [1.54, 1.807) is 6.92 Å². The highest BCUT2D eigenvalue weighted by molar-refractivity contribution is 14.3. The third-order valence-corrected chi connectivity index (χ3v) is 5.45. The molecule has 0 aliphatic rings. The molecule has 0 bridgehead atoms. The summed E-state index contributed by atoms with van der Waals surface area (Å²) in [6.45, 7) is 7.28. The van der Waals surface area contributed by atoms with Crippen LogP contribution >= 0.6 is 43.6 Å². The summed E-state index contributed by atoms with van der Waals surface area (Å²) in [5, 5.41) is 0. The predicted molar refractivity (Wildman–Crippen MR) is 75.0 cm³/mol. The highest BCUT2D eigenvalue weighted by atomic mass is 127. The van der Waals surface area contributed by atoms with Gasteiger partial charge in [0.05, 0.1) is 0 Å². The molecule has 0 radical (unpaired) electrons. The van der Waals surface area contributed by atoms with E-state index in [2.05, 4.69) is 50.2 Å². The van der Waals surface area contributed by atoms with Crippen LogP contribution in [-0.4, -0.2) is 15.9 Å². The number of ether oxygens (including phenoxy) is 1. The van der Waals surface area contributed by atoms with Crippen LogP contribution in [0.15, 0.2) is 12.2 Å². The Bertz CT molecular complexity index is 195. The number of hydrogen-bond acceptors (Lipinski definition) is 2. The average molecular weight is 424 g/mol. The van der Waals surface area contributed by atoms with Crippen LogP contribution in [0.3, 0.4) is 0 Å². The van der Waals surface area contributed by atoms with Crippen molar-refractivity contribution in [3.63, 3.8) is 0 Å². The summed E-state index contributed by atoms with van der Waals surface area (Å²) in [6, 6.07) is 1.04. The van der Waals surface area contributed by atoms with Gasteiger partial charge in [-0.15, -0.1) is 43.6 Å². The van der Waals surface area contributed by atoms with Crippen molar-refractivity contribution in [2.24, 2.45) is 0 Å². The van der Waals surface area contributed by atoms with Gasteiger partial charge in [0.1, 0.15) is 6.10 Å². The highest BCUT2D eigenvalue weighted by Gasteiger charge is 2.16. The number of rotatable bonds is 5. The third kappa shape index (κ3) is 6.89. The van der Waals surface area contributed by atoms with Crippen molar-refractivity contribution in [2.45, 2.75) is 32.4 Å². The molecule has 0 heterocycles. The van der Waals surface area contributed by atoms with Crippen LogP contribution in [0.4, 0.5) is 0 Å². The van der Waals surface area contributed by atoms with Crippen LogP contribution in [0.2, 0.25) is 6.04 Å². The standard InChI is InChI=1S/C8H14I2O2Si/c1-4-7(5-13(9)10)12-8(11)6(2)3/h7,13H,2,4-5H2,1,3H3. The number of hydrogen-bond donors (Lipinski definition) is 0. The maximum Gasteiger partial charge on any atom is 0.333 e. The third-order valence-electron chi connectivity index (χ3n) is 1.52. The fourth-order valence-corrected chi connectivity index (χ4v) is 4.98. The second kappa shape index (κ2) is 7.21. The minimum atomic E-state index is -0.703. The van der Waals surface area contributed by atoms with E-state index in [0.29, 0.717) is 5.57 Å². The van der Waals surface area contributed by atoms with E-state index in [4.69, 9.17) is 4.74 Å². The smallest absolute Gasteiger partial charge is 0.333 e. The van der Waals surface area contributed by atoms with Crippen LogP contribution in [-0.2, 0) is 9.53 Å². The van der Waals surface area contributed by atoms with Gasteiger partial charge >= 0.3 is 5.97 Å². The Labute approximate surface area is 107 Å². The van der Waals surface area contributed by atoms with Crippen LogP contribution < -0.4 is 0 Å². The summed E-state index contributed by atoms with van der Waals surface area (Å²) in [6.07, 6.45) is 0.990. The quantitative estimate of drug-likeness (QED) is 0.223. The van der Waals surface area contributed by atoms with Crippen molar-refractivity contribution in [1.82, 2.24) is 0 Å². The first kappa shape index (κ1) is 13.9. The van der Waals surface area contributed by atoms with E-state index in [1.165, 1.54) is 0 Å². The predicted octanol–water partition coefficient (Wildman–Crippen LogP) is 2.97. The van der Waals surface area contributed by atoms with Crippen LogP contribution in [0.25, 0.3) is 0 Å². The van der Waals surface area contributed by atoms with Gasteiger partial charge in [0.2, 0.25) is 0 Å². The van der Waals surface area contributed by atoms with E-state index in [1.807, 2.05) is 6.92 Å². The van der Waals surface area contributed by atoms with Gasteiger partial charge in [-0.2, -0.15) is 0 Å². The molecule has 0 saturated carbocycles. The Morgan fingerprint density at radius 1 is 1.62 bits per heavy atom. The summed E-state index contributed by atoms with van der Waals surface area (Å²) in [5.74, 6) is -0.255. The van der Waals surface area contributed by atoms with Gasteiger partial charge in [-0.3, -0.25) is 0 Å². The van der Waals surface area contributed by atoms with Gasteiger partial charge < -0.3 is 4.74 Å². The van der Waals surface area contributed by atoms with Gasteiger partial charge in [-0.1, -0.05) is 13.5 Å². The fourth-order valence-electron chi connectivity index (χ4n) is 0.749. The molecular weight excluding hydrogens is 410 g/mol. The second-order valence-electron chi connectivity index (χ2n) is 2.84. The summed E-state index contributed by atoms with van der Waals surface area (Å²) < 4.78 is 4.56. The molecule has 0 aliphatic carbocycles. The Morgan fingerprint density at radius 2 is 2.15 bits per heavy atom. The second-order valence-corrected chi connectivity index (χ2v) is 20.3. The molecule has 13 heavy (non-hydrogen) atoms. The Balaban J connectivity index is 3.97. The lowest BCUT2D eigenvalue weighted by Gasteiger charge is -2.16. The van der Waals surface area contributed by atoms with Gasteiger partial charge in [-0.25, -0.2) is 4.79 Å². The molecule has 1 unspecified atom stereocenters. The molecule has 76 valence electrons. The zero-order valence-corrected chi connectivity index (χ0v) is 13.3. The Morgan fingerprint density at radius 3 is 2.46 bits per heavy atom. The van der Waals surface area contributed by atoms with Crippen molar-refractivity contribution in [1.29, 1.82) is 0 Å². The zero-order chi connectivity index (χ0) is 10.4. The molecule has 0 N–H and O–H groups in total. The lowest BCUT2D eigenvalue weighted by atomic mass is 10.3. The van der Waals surface area contributed by atoms with E-state index in [9.17, 15) is 4.79 Å². The largest absolute Gasteiger partial charge is 0.459 e. The normalized spacial score (nSPS) is 12.7. The molecule has 5 heteroatoms. The molecule has 0 aromatic heterocycles. The van der Waals surface area contributed by atoms with Crippen molar-refractivity contribution in [3.05, 3.63) is 12.2 Å². The monoisotopic (exact) mass is 424 g/mol. The Kier molecular flexibility index (Phi) is 7.71. The molecule has 0 fully saturated rings. The summed E-state index contributed by atoms with van der Waals surface area (Å²) >= 11 is 4.91. The van der Waals surface area contributed by atoms with Crippen molar-refractivity contribution in [2.75, 3.05) is 0 Å². The minimum absolute atomic E-state index is 0.0923. The number of carbonyl (C=O) groups is 1. The highest BCUT2D eigenvalue weighted by Crippen LogP contribution is 2.17. The van der Waals surface area contributed by atoms with Gasteiger partial charge in [0, 0.05) is 5.57 Å². The average Bonchev–Trinajstić information content (AvgIpc) is 2.02. The minimum Gasteiger partial charge on any atom is -0.459 e. The van der Waals surface area contributed by atoms with Crippen LogP contribution in [0, 0.1) is 0 Å². The van der Waals surface area contributed by atoms with Crippen LogP contribution in [0.5, 0.6) is 0 Å². The Hall–Kier alpha value is 0.887. The number of carbonyl (C=O) groups excluding carboxylic acids is 1. The fraction of sp³-hybridized carbons (Fsp3) is 0.625. The van der Waals surface area contributed by atoms with Crippen molar-refractivity contribution < 1.29 is 9.53 Å². The summed E-state index contributed by atoms with van der Waals surface area (Å²) in [4.78, 5) is 11.2. The lowest BCUT2D eigenvalue weighted by molar-refractivity contribution is -0.143. The van der Waals surface area contributed by atoms with Crippen LogP contribution in [0.1, 0.15) is 20.3 Å². The maximum atomic E-state index is 11.2. The first-order valence-electron chi connectivity index (χ1n) is 4.12. The molecule has 0 aromatic rings. The molecule has 0 amide bonds. The maximum absolute atomic E-state index is 11.2. The van der Waals surface area contributed by atoms with Gasteiger partial charge in [0.25, 0.3) is 0 Å². The summed E-state index contributed by atoms with van der Waals surface area (Å²) in [7, 11) is 0. The van der Waals surface area contributed by atoms with Gasteiger partial charge in [-0.05, 0) is 19.4 Å². The first-order valence-corrected chi connectivity index (χ1v) is 13.3. The van der Waals surface area contributed by atoms with Gasteiger partial charge in [0.15, 0.2) is 3.79 Å². The number of esters is 1. The molecule has 0 aliphatic heterocycles.